The van der Waals surface area contributed by atoms with E-state index < -0.39 is 17.7 Å². The van der Waals surface area contributed by atoms with Crippen LogP contribution in [0, 0.1) is 13.8 Å². The van der Waals surface area contributed by atoms with E-state index in [2.05, 4.69) is 20.9 Å². The van der Waals surface area contributed by atoms with Gasteiger partial charge in [-0.05, 0) is 113 Å². The van der Waals surface area contributed by atoms with Crippen LogP contribution in [0.4, 0.5) is 4.79 Å². The van der Waals surface area contributed by atoms with E-state index in [9.17, 15) is 14.4 Å². The summed E-state index contributed by atoms with van der Waals surface area (Å²) in [6, 6.07) is 19.4. The lowest BCUT2D eigenvalue weighted by molar-refractivity contribution is -0.133. The third kappa shape index (κ3) is 8.36. The second-order valence-electron chi connectivity index (χ2n) is 14.8. The van der Waals surface area contributed by atoms with E-state index in [1.54, 1.807) is 11.7 Å². The number of piperidine rings is 1. The Balaban J connectivity index is 1.20. The fourth-order valence-corrected chi connectivity index (χ4v) is 7.10. The quantitative estimate of drug-likeness (QED) is 0.151. The second-order valence-corrected chi connectivity index (χ2v) is 14.8. The maximum Gasteiger partial charge on any atom is 0.407 e. The fourth-order valence-electron chi connectivity index (χ4n) is 7.10. The Bertz CT molecular complexity index is 2070. The first-order chi connectivity index (χ1) is 24.4. The van der Waals surface area contributed by atoms with E-state index >= 15 is 0 Å². The predicted molar refractivity (Wildman–Crippen MR) is 200 cm³/mol. The highest BCUT2D eigenvalue weighted by atomic mass is 16.6. The van der Waals surface area contributed by atoms with Crippen molar-refractivity contribution in [2.24, 2.45) is 0 Å². The molecule has 3 heterocycles. The minimum absolute atomic E-state index is 0.0181. The van der Waals surface area contributed by atoms with E-state index in [0.29, 0.717) is 26.1 Å². The van der Waals surface area contributed by atoms with Gasteiger partial charge in [0.25, 0.3) is 0 Å². The number of aryl methyl sites for hydroxylation is 3. The molecule has 0 bridgehead atoms. The molecule has 2 aromatic heterocycles. The van der Waals surface area contributed by atoms with Crippen LogP contribution in [0.25, 0.3) is 27.8 Å². The highest BCUT2D eigenvalue weighted by Crippen LogP contribution is 2.30. The minimum atomic E-state index is -0.682. The smallest absolute Gasteiger partial charge is 0.407 e. The van der Waals surface area contributed by atoms with Crippen molar-refractivity contribution in [1.82, 2.24) is 29.3 Å². The number of nitrogens with one attached hydrogen (secondary N) is 2. The zero-order valence-corrected chi connectivity index (χ0v) is 30.6. The summed E-state index contributed by atoms with van der Waals surface area (Å²) >= 11 is 0. The third-order valence-corrected chi connectivity index (χ3v) is 9.67. The van der Waals surface area contributed by atoms with Crippen LogP contribution in [0.2, 0.25) is 0 Å². The number of methoxy groups -OCH3 is 1. The van der Waals surface area contributed by atoms with E-state index in [4.69, 9.17) is 14.5 Å². The summed E-state index contributed by atoms with van der Waals surface area (Å²) < 4.78 is 14.9. The van der Waals surface area contributed by atoms with Gasteiger partial charge < -0.3 is 29.2 Å². The number of carbonyl (C=O) groups is 2. The van der Waals surface area contributed by atoms with Crippen LogP contribution < -0.4 is 11.0 Å². The van der Waals surface area contributed by atoms with Gasteiger partial charge in [0.1, 0.15) is 11.4 Å². The molecule has 1 saturated heterocycles. The van der Waals surface area contributed by atoms with Gasteiger partial charge in [0.15, 0.2) is 0 Å². The molecule has 270 valence electrons. The first-order valence-electron chi connectivity index (χ1n) is 17.9. The summed E-state index contributed by atoms with van der Waals surface area (Å²) in [7, 11) is 1.71. The summed E-state index contributed by atoms with van der Waals surface area (Å²) in [5, 5.41) is 2.98. The normalized spacial score (nSPS) is 15.7. The lowest BCUT2D eigenvalue weighted by Crippen LogP contribution is -2.46. The third-order valence-electron chi connectivity index (χ3n) is 9.67. The number of imidazole rings is 2. The van der Waals surface area contributed by atoms with Crippen molar-refractivity contribution >= 4 is 34.1 Å². The summed E-state index contributed by atoms with van der Waals surface area (Å²) in [6.45, 7) is 12.2. The number of fused-ring (bicyclic) bond motifs is 2. The van der Waals surface area contributed by atoms with Crippen molar-refractivity contribution in [3.63, 3.8) is 0 Å². The molecule has 2 N–H and O–H groups in total. The number of aromatic nitrogens is 4. The van der Waals surface area contributed by atoms with Crippen LogP contribution >= 0.6 is 0 Å². The molecule has 1 fully saturated rings. The first-order valence-corrected chi connectivity index (χ1v) is 17.9. The van der Waals surface area contributed by atoms with Crippen molar-refractivity contribution in [1.29, 1.82) is 0 Å². The summed E-state index contributed by atoms with van der Waals surface area (Å²) in [5.41, 5.74) is 6.65. The number of carbonyl (C=O) groups excluding carboxylic acids is 2. The van der Waals surface area contributed by atoms with Gasteiger partial charge in [-0.2, -0.15) is 0 Å². The summed E-state index contributed by atoms with van der Waals surface area (Å²) in [6.07, 6.45) is 2.67. The Morgan fingerprint density at radius 3 is 2.53 bits per heavy atom. The van der Waals surface area contributed by atoms with Gasteiger partial charge >= 0.3 is 11.8 Å². The fraction of sp³-hybridized carbons (Fsp3) is 0.450. The van der Waals surface area contributed by atoms with Crippen LogP contribution in [0.15, 0.2) is 65.5 Å². The van der Waals surface area contributed by atoms with Gasteiger partial charge in [0, 0.05) is 51.7 Å². The Hall–Kier alpha value is -4.90. The number of amides is 2. The number of H-pyrrole nitrogens is 1. The SMILES string of the molecule is COCCCn1c([C@@H]2CCCN(C(=O)C[C@@H](Cc3ccc(-n4c(=O)[nH]c5cc(C)c(C)cc54)cc3)NC(=O)OC(C)(C)C)C2)nc2ccccc21. The highest BCUT2D eigenvalue weighted by Gasteiger charge is 2.31. The summed E-state index contributed by atoms with van der Waals surface area (Å²) in [4.78, 5) is 49.9. The largest absolute Gasteiger partial charge is 0.444 e. The molecule has 0 radical (unpaired) electrons. The molecule has 11 heteroatoms. The molecule has 2 amide bonds. The van der Waals surface area contributed by atoms with Gasteiger partial charge in [-0.3, -0.25) is 9.36 Å². The van der Waals surface area contributed by atoms with Gasteiger partial charge in [-0.1, -0.05) is 24.3 Å². The van der Waals surface area contributed by atoms with Gasteiger partial charge in [0.05, 0.1) is 27.8 Å². The lowest BCUT2D eigenvalue weighted by Gasteiger charge is -2.34. The van der Waals surface area contributed by atoms with E-state index in [1.165, 1.54) is 0 Å². The van der Waals surface area contributed by atoms with Crippen LogP contribution in [-0.2, 0) is 27.2 Å². The van der Waals surface area contributed by atoms with Crippen molar-refractivity contribution < 1.29 is 19.1 Å². The Morgan fingerprint density at radius 1 is 1.04 bits per heavy atom. The number of aromatic amines is 1. The minimum Gasteiger partial charge on any atom is -0.444 e. The number of rotatable bonds is 11. The molecule has 0 unspecified atom stereocenters. The van der Waals surface area contributed by atoms with E-state index in [1.807, 2.05) is 94.1 Å². The topological polar surface area (TPSA) is 123 Å². The molecular weight excluding hydrogens is 644 g/mol. The monoisotopic (exact) mass is 694 g/mol. The Morgan fingerprint density at radius 2 is 1.78 bits per heavy atom. The molecule has 5 aromatic rings. The number of likely N-dealkylation sites (tertiary alicyclic amines) is 1. The number of nitrogens with zero attached hydrogens (tertiary/aromatic N) is 4. The highest BCUT2D eigenvalue weighted by molar-refractivity contribution is 5.80. The molecule has 3 aromatic carbocycles. The predicted octanol–water partition coefficient (Wildman–Crippen LogP) is 6.55. The number of para-hydroxylation sites is 2. The maximum absolute atomic E-state index is 14.0. The number of hydrogen-bond donors (Lipinski definition) is 2. The first kappa shape index (κ1) is 35.9. The van der Waals surface area contributed by atoms with Crippen LogP contribution in [-0.4, -0.2) is 74.5 Å². The summed E-state index contributed by atoms with van der Waals surface area (Å²) in [5.74, 6) is 1.09. The maximum atomic E-state index is 14.0. The lowest BCUT2D eigenvalue weighted by atomic mass is 9.95. The number of ether oxygens (including phenoxy) is 2. The van der Waals surface area contributed by atoms with Crippen LogP contribution in [0.5, 0.6) is 0 Å². The van der Waals surface area contributed by atoms with Crippen molar-refractivity contribution in [2.45, 2.75) is 90.8 Å². The zero-order chi connectivity index (χ0) is 36.3. The van der Waals surface area contributed by atoms with Crippen LogP contribution in [0.3, 0.4) is 0 Å². The second kappa shape index (κ2) is 15.1. The number of hydrogen-bond acceptors (Lipinski definition) is 6. The van der Waals surface area contributed by atoms with E-state index in [0.717, 1.165) is 76.1 Å². The molecule has 1 aliphatic heterocycles. The molecule has 11 nitrogen and oxygen atoms in total. The molecule has 0 aliphatic carbocycles. The standard InChI is InChI=1S/C40H50N6O5/c1-26-21-33-35(22-27(26)2)46(38(48)43-33)31-16-14-28(15-17-31)23-30(41-39(49)51-40(3,4)5)24-36(47)44-18-9-11-29(25-44)37-42-32-12-7-8-13-34(32)45(37)19-10-20-50-6/h7-8,12-17,21-22,29-30H,9-11,18-20,23-25H2,1-6H3,(H,41,49)(H,43,48)/t29-,30-/m1/s1. The van der Waals surface area contributed by atoms with Gasteiger partial charge in [-0.25, -0.2) is 14.6 Å². The van der Waals surface area contributed by atoms with Gasteiger partial charge in [0.2, 0.25) is 5.91 Å². The molecule has 1 aliphatic rings. The molecular formula is C40H50N6O5. The number of alkyl carbamates (subject to hydrolysis) is 1. The van der Waals surface area contributed by atoms with Crippen molar-refractivity contribution in [3.8, 4) is 5.69 Å². The number of benzene rings is 3. The van der Waals surface area contributed by atoms with Gasteiger partial charge in [-0.15, -0.1) is 0 Å². The van der Waals surface area contributed by atoms with E-state index in [-0.39, 0.29) is 23.9 Å². The molecule has 2 atom stereocenters. The zero-order valence-electron chi connectivity index (χ0n) is 30.6. The Labute approximate surface area is 299 Å². The molecule has 0 spiro atoms. The average Bonchev–Trinajstić information content (AvgIpc) is 3.61. The molecule has 51 heavy (non-hydrogen) atoms. The Kier molecular flexibility index (Phi) is 10.7. The average molecular weight is 695 g/mol. The van der Waals surface area contributed by atoms with Crippen molar-refractivity contribution in [2.75, 3.05) is 26.8 Å². The van der Waals surface area contributed by atoms with Crippen LogP contribution in [0.1, 0.15) is 74.9 Å². The molecule has 0 saturated carbocycles. The van der Waals surface area contributed by atoms with Crippen molar-refractivity contribution in [3.05, 3.63) is 93.7 Å². The molecule has 6 rings (SSSR count).